The molecule has 7 nitrogen and oxygen atoms in total. The van der Waals surface area contributed by atoms with Crippen molar-refractivity contribution in [1.82, 2.24) is 10.6 Å². The number of hydrogen-bond acceptors (Lipinski definition) is 5. The number of carbonyl (C=O) groups excluding carboxylic acids is 2. The van der Waals surface area contributed by atoms with Crippen LogP contribution in [0, 0.1) is 0 Å². The fourth-order valence-electron chi connectivity index (χ4n) is 2.52. The highest BCUT2D eigenvalue weighted by molar-refractivity contribution is 5.95. The van der Waals surface area contributed by atoms with Crippen molar-refractivity contribution in [3.63, 3.8) is 0 Å². The molecule has 7 heteroatoms. The van der Waals surface area contributed by atoms with Gasteiger partial charge in [-0.3, -0.25) is 0 Å². The van der Waals surface area contributed by atoms with Crippen molar-refractivity contribution < 1.29 is 23.8 Å². The number of nitrogens with one attached hydrogen (secondary N) is 2. The molecule has 2 aliphatic heterocycles. The molecule has 0 fully saturated rings. The number of hydrogen-bond donors (Lipinski definition) is 2. The number of urea groups is 1. The first kappa shape index (κ1) is 14.2. The zero-order valence-electron chi connectivity index (χ0n) is 12.3. The summed E-state index contributed by atoms with van der Waals surface area (Å²) < 4.78 is 15.7. The summed E-state index contributed by atoms with van der Waals surface area (Å²) in [6.07, 6.45) is 0. The van der Waals surface area contributed by atoms with Gasteiger partial charge in [-0.05, 0) is 31.5 Å². The maximum absolute atomic E-state index is 12.2. The second-order valence-electron chi connectivity index (χ2n) is 4.90. The Morgan fingerprint density at radius 1 is 1.36 bits per heavy atom. The van der Waals surface area contributed by atoms with Crippen LogP contribution in [0.3, 0.4) is 0 Å². The Kier molecular flexibility index (Phi) is 3.62. The summed E-state index contributed by atoms with van der Waals surface area (Å²) >= 11 is 0. The molecule has 0 saturated heterocycles. The van der Waals surface area contributed by atoms with Crippen LogP contribution in [0.1, 0.15) is 25.5 Å². The normalized spacial score (nSPS) is 19.5. The summed E-state index contributed by atoms with van der Waals surface area (Å²) in [5.74, 6) is 0.767. The van der Waals surface area contributed by atoms with Gasteiger partial charge in [0.25, 0.3) is 0 Å². The second kappa shape index (κ2) is 5.59. The SMILES string of the molecule is CCOC(=O)C1=C(C)NC(=O)N[C@H]1c1ccc2c(c1)OCO2. The largest absolute Gasteiger partial charge is 0.463 e. The summed E-state index contributed by atoms with van der Waals surface area (Å²) in [4.78, 5) is 24.0. The van der Waals surface area contributed by atoms with Crippen LogP contribution in [0.2, 0.25) is 0 Å². The zero-order chi connectivity index (χ0) is 15.7. The third-order valence-corrected chi connectivity index (χ3v) is 3.49. The number of ether oxygens (including phenoxy) is 3. The molecule has 2 aliphatic rings. The van der Waals surface area contributed by atoms with E-state index in [1.165, 1.54) is 0 Å². The molecule has 1 atom stereocenters. The minimum Gasteiger partial charge on any atom is -0.463 e. The number of fused-ring (bicyclic) bond motifs is 1. The van der Waals surface area contributed by atoms with Crippen LogP contribution in [0.4, 0.5) is 4.79 Å². The maximum atomic E-state index is 12.2. The third kappa shape index (κ3) is 2.45. The van der Waals surface area contributed by atoms with Gasteiger partial charge in [0.15, 0.2) is 11.5 Å². The molecule has 0 unspecified atom stereocenters. The Morgan fingerprint density at radius 2 is 2.14 bits per heavy atom. The van der Waals surface area contributed by atoms with Crippen molar-refractivity contribution in [3.8, 4) is 11.5 Å². The molecule has 2 heterocycles. The Bertz CT molecular complexity index is 668. The fraction of sp³-hybridized carbons (Fsp3) is 0.333. The van der Waals surface area contributed by atoms with Gasteiger partial charge in [-0.2, -0.15) is 0 Å². The van der Waals surface area contributed by atoms with E-state index in [0.717, 1.165) is 5.56 Å². The van der Waals surface area contributed by atoms with Crippen LogP contribution in [0.5, 0.6) is 11.5 Å². The lowest BCUT2D eigenvalue weighted by atomic mass is 9.95. The standard InChI is InChI=1S/C15H16N2O5/c1-3-20-14(18)12-8(2)16-15(19)17-13(12)9-4-5-10-11(6-9)22-7-21-10/h4-6,13H,3,7H2,1-2H3,(H2,16,17,19)/t13-/m0/s1. The molecular formula is C15H16N2O5. The number of allylic oxidation sites excluding steroid dienone is 1. The van der Waals surface area contributed by atoms with Gasteiger partial charge in [-0.15, -0.1) is 0 Å². The average molecular weight is 304 g/mol. The Labute approximate surface area is 127 Å². The van der Waals surface area contributed by atoms with E-state index >= 15 is 0 Å². The first-order valence-corrected chi connectivity index (χ1v) is 6.95. The van der Waals surface area contributed by atoms with E-state index in [0.29, 0.717) is 22.8 Å². The van der Waals surface area contributed by atoms with Crippen LogP contribution in [-0.4, -0.2) is 25.4 Å². The topological polar surface area (TPSA) is 85.9 Å². The molecule has 1 aromatic rings. The van der Waals surface area contributed by atoms with E-state index in [1.54, 1.807) is 32.0 Å². The first-order chi connectivity index (χ1) is 10.6. The highest BCUT2D eigenvalue weighted by Crippen LogP contribution is 2.36. The Hall–Kier alpha value is -2.70. The van der Waals surface area contributed by atoms with Crippen LogP contribution < -0.4 is 20.1 Å². The lowest BCUT2D eigenvalue weighted by molar-refractivity contribution is -0.139. The van der Waals surface area contributed by atoms with Gasteiger partial charge in [-0.25, -0.2) is 9.59 Å². The molecule has 0 bridgehead atoms. The molecule has 0 aliphatic carbocycles. The summed E-state index contributed by atoms with van der Waals surface area (Å²) in [5.41, 5.74) is 1.58. The second-order valence-corrected chi connectivity index (χ2v) is 4.90. The van der Waals surface area contributed by atoms with E-state index in [4.69, 9.17) is 14.2 Å². The smallest absolute Gasteiger partial charge is 0.338 e. The number of esters is 1. The van der Waals surface area contributed by atoms with E-state index < -0.39 is 12.0 Å². The molecule has 3 rings (SSSR count). The molecule has 0 saturated carbocycles. The minimum atomic E-state index is -0.595. The fourth-order valence-corrected chi connectivity index (χ4v) is 2.52. The highest BCUT2D eigenvalue weighted by Gasteiger charge is 2.32. The van der Waals surface area contributed by atoms with Crippen molar-refractivity contribution in [2.24, 2.45) is 0 Å². The van der Waals surface area contributed by atoms with Crippen LogP contribution in [0.25, 0.3) is 0 Å². The summed E-state index contributed by atoms with van der Waals surface area (Å²) in [6, 6.07) is 4.33. The van der Waals surface area contributed by atoms with Gasteiger partial charge in [0.05, 0.1) is 18.2 Å². The monoisotopic (exact) mass is 304 g/mol. The summed E-state index contributed by atoms with van der Waals surface area (Å²) in [7, 11) is 0. The molecule has 2 amide bonds. The van der Waals surface area contributed by atoms with Crippen molar-refractivity contribution in [2.45, 2.75) is 19.9 Å². The zero-order valence-corrected chi connectivity index (χ0v) is 12.3. The molecule has 2 N–H and O–H groups in total. The van der Waals surface area contributed by atoms with E-state index in [1.807, 2.05) is 0 Å². The number of carbonyl (C=O) groups is 2. The van der Waals surface area contributed by atoms with Crippen molar-refractivity contribution in [3.05, 3.63) is 35.0 Å². The molecule has 116 valence electrons. The summed E-state index contributed by atoms with van der Waals surface area (Å²) in [6.45, 7) is 3.83. The van der Waals surface area contributed by atoms with Gasteiger partial charge in [0, 0.05) is 5.70 Å². The van der Waals surface area contributed by atoms with Gasteiger partial charge < -0.3 is 24.8 Å². The van der Waals surface area contributed by atoms with Crippen LogP contribution >= 0.6 is 0 Å². The molecule has 0 spiro atoms. The lowest BCUT2D eigenvalue weighted by Gasteiger charge is -2.28. The Morgan fingerprint density at radius 3 is 2.91 bits per heavy atom. The third-order valence-electron chi connectivity index (χ3n) is 3.49. The summed E-state index contributed by atoms with van der Waals surface area (Å²) in [5, 5.41) is 5.33. The molecule has 1 aromatic carbocycles. The predicted octanol–water partition coefficient (Wildman–Crippen LogP) is 1.61. The highest BCUT2D eigenvalue weighted by atomic mass is 16.7. The van der Waals surface area contributed by atoms with E-state index in [-0.39, 0.29) is 19.4 Å². The van der Waals surface area contributed by atoms with Gasteiger partial charge in [0.2, 0.25) is 6.79 Å². The van der Waals surface area contributed by atoms with Crippen LogP contribution in [0.15, 0.2) is 29.5 Å². The predicted molar refractivity (Wildman–Crippen MR) is 76.3 cm³/mol. The number of benzene rings is 1. The molecule has 0 aromatic heterocycles. The molecule has 22 heavy (non-hydrogen) atoms. The van der Waals surface area contributed by atoms with E-state index in [9.17, 15) is 9.59 Å². The molecular weight excluding hydrogens is 288 g/mol. The molecule has 0 radical (unpaired) electrons. The maximum Gasteiger partial charge on any atom is 0.338 e. The Balaban J connectivity index is 2.00. The number of rotatable bonds is 3. The van der Waals surface area contributed by atoms with Gasteiger partial charge >= 0.3 is 12.0 Å². The quantitative estimate of drug-likeness (QED) is 0.829. The minimum absolute atomic E-state index is 0.164. The van der Waals surface area contributed by atoms with Gasteiger partial charge in [0.1, 0.15) is 0 Å². The van der Waals surface area contributed by atoms with Crippen molar-refractivity contribution >= 4 is 12.0 Å². The first-order valence-electron chi connectivity index (χ1n) is 6.95. The van der Waals surface area contributed by atoms with Crippen LogP contribution in [-0.2, 0) is 9.53 Å². The number of amides is 2. The van der Waals surface area contributed by atoms with Gasteiger partial charge in [-0.1, -0.05) is 6.07 Å². The van der Waals surface area contributed by atoms with Crippen molar-refractivity contribution in [2.75, 3.05) is 13.4 Å². The van der Waals surface area contributed by atoms with E-state index in [2.05, 4.69) is 10.6 Å². The average Bonchev–Trinajstić information content (AvgIpc) is 2.93. The van der Waals surface area contributed by atoms with Crippen molar-refractivity contribution in [1.29, 1.82) is 0 Å². The lowest BCUT2D eigenvalue weighted by Crippen LogP contribution is -2.45.